The Labute approximate surface area is 216 Å². The monoisotopic (exact) mass is 533 g/mol. The number of carbonyl (C=O) groups is 1. The zero-order chi connectivity index (χ0) is 25.4. The molecule has 1 amide bonds. The third-order valence-electron chi connectivity index (χ3n) is 6.77. The molecule has 3 aromatic rings. The van der Waals surface area contributed by atoms with Crippen LogP contribution in [0.5, 0.6) is 0 Å². The topological polar surface area (TPSA) is 127 Å². The maximum absolute atomic E-state index is 12.3. The summed E-state index contributed by atoms with van der Waals surface area (Å²) in [5.74, 6) is 0.708. The molecule has 13 heteroatoms. The van der Waals surface area contributed by atoms with Gasteiger partial charge in [-0.1, -0.05) is 23.4 Å². The van der Waals surface area contributed by atoms with Crippen LogP contribution in [0.15, 0.2) is 33.2 Å². The molecule has 36 heavy (non-hydrogen) atoms. The number of hydrogen-bond acceptors (Lipinski definition) is 8. The number of aromatic nitrogens is 5. The Morgan fingerprint density at radius 1 is 1.33 bits per heavy atom. The van der Waals surface area contributed by atoms with Gasteiger partial charge in [0.1, 0.15) is 16.4 Å². The van der Waals surface area contributed by atoms with Crippen molar-refractivity contribution in [3.8, 4) is 0 Å². The average molecular weight is 534 g/mol. The Bertz CT molecular complexity index is 1350. The second kappa shape index (κ2) is 9.91. The molecular weight excluding hydrogens is 506 g/mol. The van der Waals surface area contributed by atoms with E-state index in [0.717, 1.165) is 19.3 Å². The molecule has 2 saturated heterocycles. The SMILES string of the molecule is Cn1ccc(Sc2nn(C3CCCCO3)c3nc(N4CCC(C)(NC(=O)O)CC4)cnc23)c(Cl)c1=O. The van der Waals surface area contributed by atoms with Gasteiger partial charge in [0.05, 0.1) is 6.20 Å². The van der Waals surface area contributed by atoms with E-state index < -0.39 is 11.6 Å². The van der Waals surface area contributed by atoms with Gasteiger partial charge in [-0.2, -0.15) is 5.10 Å². The first kappa shape index (κ1) is 24.8. The summed E-state index contributed by atoms with van der Waals surface area (Å²) in [5.41, 5.74) is 0.486. The van der Waals surface area contributed by atoms with Crippen LogP contribution in [-0.4, -0.2) is 60.8 Å². The number of nitrogens with zero attached hydrogens (tertiary/aromatic N) is 6. The van der Waals surface area contributed by atoms with Crippen molar-refractivity contribution in [2.24, 2.45) is 7.05 Å². The molecule has 0 aliphatic carbocycles. The third-order valence-corrected chi connectivity index (χ3v) is 8.27. The summed E-state index contributed by atoms with van der Waals surface area (Å²) in [7, 11) is 1.65. The third kappa shape index (κ3) is 4.89. The molecule has 2 aliphatic heterocycles. The molecule has 0 bridgehead atoms. The standard InChI is InChI=1S/C23H28ClN7O4S/c1-23(27-22(33)34)7-10-30(11-8-23)15-13-25-18-19(26-15)31(16-5-3-4-12-35-16)28-20(18)36-14-6-9-29(2)21(32)17(14)24/h6,9,13,16,27H,3-5,7-8,10-12H2,1-2H3,(H,33,34). The van der Waals surface area contributed by atoms with Crippen LogP contribution in [0, 0.1) is 0 Å². The first-order valence-electron chi connectivity index (χ1n) is 11.9. The number of ether oxygens (including phenoxy) is 1. The van der Waals surface area contributed by atoms with Crippen LogP contribution in [-0.2, 0) is 11.8 Å². The predicted octanol–water partition coefficient (Wildman–Crippen LogP) is 3.66. The van der Waals surface area contributed by atoms with Crippen LogP contribution in [0.2, 0.25) is 5.02 Å². The number of halogens is 1. The number of hydrogen-bond donors (Lipinski definition) is 2. The van der Waals surface area contributed by atoms with Crippen molar-refractivity contribution in [3.63, 3.8) is 0 Å². The van der Waals surface area contributed by atoms with Crippen molar-refractivity contribution in [1.29, 1.82) is 0 Å². The summed E-state index contributed by atoms with van der Waals surface area (Å²) in [4.78, 5) is 35.8. The lowest BCUT2D eigenvalue weighted by Crippen LogP contribution is -2.53. The van der Waals surface area contributed by atoms with Gasteiger partial charge in [-0.25, -0.2) is 19.4 Å². The molecule has 0 radical (unpaired) electrons. The molecule has 0 saturated carbocycles. The first-order valence-corrected chi connectivity index (χ1v) is 13.1. The van der Waals surface area contributed by atoms with Crippen molar-refractivity contribution in [2.75, 3.05) is 24.6 Å². The lowest BCUT2D eigenvalue weighted by molar-refractivity contribution is -0.0376. The summed E-state index contributed by atoms with van der Waals surface area (Å²) < 4.78 is 9.24. The van der Waals surface area contributed by atoms with Gasteiger partial charge >= 0.3 is 6.09 Å². The first-order chi connectivity index (χ1) is 17.2. The smallest absolute Gasteiger partial charge is 0.405 e. The molecule has 1 atom stereocenters. The van der Waals surface area contributed by atoms with Gasteiger partial charge in [-0.05, 0) is 45.1 Å². The molecule has 2 aliphatic rings. The van der Waals surface area contributed by atoms with E-state index in [9.17, 15) is 9.59 Å². The summed E-state index contributed by atoms with van der Waals surface area (Å²) in [5, 5.41) is 17.3. The highest BCUT2D eigenvalue weighted by Crippen LogP contribution is 2.37. The number of pyridine rings is 1. The second-order valence-electron chi connectivity index (χ2n) is 9.46. The molecule has 0 spiro atoms. The molecule has 1 unspecified atom stereocenters. The van der Waals surface area contributed by atoms with E-state index >= 15 is 0 Å². The minimum absolute atomic E-state index is 0.137. The van der Waals surface area contributed by atoms with E-state index in [0.29, 0.717) is 59.4 Å². The Hall–Kier alpha value is -2.83. The van der Waals surface area contributed by atoms with E-state index in [1.54, 1.807) is 30.2 Å². The van der Waals surface area contributed by atoms with Crippen LogP contribution in [0.25, 0.3) is 11.2 Å². The minimum Gasteiger partial charge on any atom is -0.465 e. The lowest BCUT2D eigenvalue weighted by Gasteiger charge is -2.39. The van der Waals surface area contributed by atoms with Crippen molar-refractivity contribution in [2.45, 2.75) is 60.7 Å². The van der Waals surface area contributed by atoms with E-state index in [1.165, 1.54) is 16.3 Å². The highest BCUT2D eigenvalue weighted by Gasteiger charge is 2.33. The average Bonchev–Trinajstić information content (AvgIpc) is 3.22. The highest BCUT2D eigenvalue weighted by molar-refractivity contribution is 7.99. The molecule has 0 aromatic carbocycles. The van der Waals surface area contributed by atoms with Crippen molar-refractivity contribution in [1.82, 2.24) is 29.6 Å². The largest absolute Gasteiger partial charge is 0.465 e. The predicted molar refractivity (Wildman–Crippen MR) is 136 cm³/mol. The Morgan fingerprint density at radius 2 is 2.11 bits per heavy atom. The lowest BCUT2D eigenvalue weighted by atomic mass is 9.90. The molecule has 5 heterocycles. The fourth-order valence-electron chi connectivity index (χ4n) is 4.59. The fourth-order valence-corrected chi connectivity index (χ4v) is 5.78. The van der Waals surface area contributed by atoms with E-state index in [-0.39, 0.29) is 16.8 Å². The molecule has 2 fully saturated rings. The summed E-state index contributed by atoms with van der Waals surface area (Å²) in [6.45, 7) is 3.88. The van der Waals surface area contributed by atoms with Crippen LogP contribution in [0.1, 0.15) is 45.3 Å². The van der Waals surface area contributed by atoms with Gasteiger partial charge in [-0.15, -0.1) is 0 Å². The minimum atomic E-state index is -1.01. The number of piperidine rings is 1. The Kier molecular flexibility index (Phi) is 6.84. The summed E-state index contributed by atoms with van der Waals surface area (Å²) in [6, 6.07) is 1.79. The number of anilines is 1. The quantitative estimate of drug-likeness (QED) is 0.505. The van der Waals surface area contributed by atoms with Gasteiger partial charge in [0, 0.05) is 43.4 Å². The van der Waals surface area contributed by atoms with Crippen LogP contribution in [0.4, 0.5) is 10.6 Å². The van der Waals surface area contributed by atoms with E-state index in [2.05, 4.69) is 10.2 Å². The van der Waals surface area contributed by atoms with Gasteiger partial charge in [-0.3, -0.25) is 4.79 Å². The molecule has 5 rings (SSSR count). The van der Waals surface area contributed by atoms with Gasteiger partial charge in [0.25, 0.3) is 5.56 Å². The van der Waals surface area contributed by atoms with Gasteiger partial charge in [0.15, 0.2) is 16.9 Å². The summed E-state index contributed by atoms with van der Waals surface area (Å²) in [6.07, 6.45) is 6.32. The van der Waals surface area contributed by atoms with Crippen LogP contribution >= 0.6 is 23.4 Å². The van der Waals surface area contributed by atoms with Crippen molar-refractivity contribution >= 4 is 46.4 Å². The van der Waals surface area contributed by atoms with E-state index in [4.69, 9.17) is 36.5 Å². The zero-order valence-electron chi connectivity index (χ0n) is 20.1. The molecular formula is C23H28ClN7O4S. The van der Waals surface area contributed by atoms with Crippen molar-refractivity contribution < 1.29 is 14.6 Å². The van der Waals surface area contributed by atoms with Gasteiger partial charge in [0.2, 0.25) is 0 Å². The molecule has 11 nitrogen and oxygen atoms in total. The number of rotatable bonds is 5. The molecule has 2 N–H and O–H groups in total. The fraction of sp³-hybridized carbons (Fsp3) is 0.522. The second-order valence-corrected chi connectivity index (χ2v) is 10.9. The van der Waals surface area contributed by atoms with E-state index in [1.807, 2.05) is 6.92 Å². The maximum Gasteiger partial charge on any atom is 0.405 e. The van der Waals surface area contributed by atoms with Crippen molar-refractivity contribution in [3.05, 3.63) is 33.8 Å². The highest BCUT2D eigenvalue weighted by atomic mass is 35.5. The molecule has 3 aromatic heterocycles. The Morgan fingerprint density at radius 3 is 2.81 bits per heavy atom. The molecule has 192 valence electrons. The summed E-state index contributed by atoms with van der Waals surface area (Å²) >= 11 is 7.62. The van der Waals surface area contributed by atoms with Gasteiger partial charge < -0.3 is 24.6 Å². The maximum atomic E-state index is 12.3. The normalized spacial score (nSPS) is 20.0. The number of amides is 1. The van der Waals surface area contributed by atoms with Crippen LogP contribution < -0.4 is 15.8 Å². The Balaban J connectivity index is 1.48. The van der Waals surface area contributed by atoms with Crippen LogP contribution in [0.3, 0.4) is 0 Å². The number of fused-ring (bicyclic) bond motifs is 1. The zero-order valence-corrected chi connectivity index (χ0v) is 21.7. The number of carboxylic acid groups (broad SMARTS) is 1. The number of nitrogens with one attached hydrogen (secondary N) is 1. The number of aryl methyl sites for hydroxylation is 1.